The first kappa shape index (κ1) is 12.9. The van der Waals surface area contributed by atoms with Crippen molar-refractivity contribution in [2.24, 2.45) is 5.92 Å². The molecule has 2 nitrogen and oxygen atoms in total. The van der Waals surface area contributed by atoms with Gasteiger partial charge in [-0.25, -0.2) is 4.39 Å². The molecule has 1 saturated carbocycles. The van der Waals surface area contributed by atoms with Crippen molar-refractivity contribution in [2.75, 3.05) is 18.5 Å². The van der Waals surface area contributed by atoms with Crippen LogP contribution < -0.4 is 10.2 Å². The van der Waals surface area contributed by atoms with Crippen molar-refractivity contribution >= 4 is 5.69 Å². The van der Waals surface area contributed by atoms with Gasteiger partial charge in [-0.2, -0.15) is 0 Å². The van der Waals surface area contributed by atoms with Crippen LogP contribution in [0.15, 0.2) is 18.2 Å². The van der Waals surface area contributed by atoms with Gasteiger partial charge >= 0.3 is 0 Å². The molecular weight excluding hydrogens is 239 g/mol. The van der Waals surface area contributed by atoms with Gasteiger partial charge < -0.3 is 10.2 Å². The first-order chi connectivity index (χ1) is 9.29. The lowest BCUT2D eigenvalue weighted by molar-refractivity contribution is 0.362. The van der Waals surface area contributed by atoms with Gasteiger partial charge in [-0.1, -0.05) is 6.42 Å². The van der Waals surface area contributed by atoms with Gasteiger partial charge in [0.2, 0.25) is 0 Å². The van der Waals surface area contributed by atoms with Gasteiger partial charge in [0.25, 0.3) is 0 Å². The highest BCUT2D eigenvalue weighted by molar-refractivity contribution is 5.55. The number of hydrogen-bond donors (Lipinski definition) is 1. The van der Waals surface area contributed by atoms with Gasteiger partial charge in [-0.05, 0) is 62.4 Å². The van der Waals surface area contributed by atoms with Crippen LogP contribution in [-0.2, 0) is 6.54 Å². The molecule has 0 aromatic heterocycles. The van der Waals surface area contributed by atoms with Gasteiger partial charge in [-0.15, -0.1) is 0 Å². The first-order valence-electron chi connectivity index (χ1n) is 7.49. The summed E-state index contributed by atoms with van der Waals surface area (Å²) in [6.07, 6.45) is 6.69. The molecule has 104 valence electrons. The van der Waals surface area contributed by atoms with Crippen molar-refractivity contribution in [3.8, 4) is 0 Å². The highest BCUT2D eigenvalue weighted by Gasteiger charge is 2.35. The third-order valence-corrected chi connectivity index (χ3v) is 4.71. The Balaban J connectivity index is 1.91. The van der Waals surface area contributed by atoms with Crippen LogP contribution in [0.2, 0.25) is 0 Å². The van der Waals surface area contributed by atoms with Gasteiger partial charge in [-0.3, -0.25) is 0 Å². The summed E-state index contributed by atoms with van der Waals surface area (Å²) in [5.74, 6) is 0.732. The van der Waals surface area contributed by atoms with E-state index in [1.807, 2.05) is 13.1 Å². The molecule has 1 heterocycles. The topological polar surface area (TPSA) is 15.3 Å². The van der Waals surface area contributed by atoms with Crippen LogP contribution in [0.5, 0.6) is 0 Å². The summed E-state index contributed by atoms with van der Waals surface area (Å²) in [5.41, 5.74) is 2.34. The molecule has 1 aromatic rings. The van der Waals surface area contributed by atoms with Gasteiger partial charge in [0.05, 0.1) is 0 Å². The Morgan fingerprint density at radius 1 is 1.26 bits per heavy atom. The summed E-state index contributed by atoms with van der Waals surface area (Å²) in [4.78, 5) is 2.55. The van der Waals surface area contributed by atoms with E-state index in [1.165, 1.54) is 37.8 Å². The van der Waals surface area contributed by atoms with Crippen LogP contribution >= 0.6 is 0 Å². The lowest BCUT2D eigenvalue weighted by Crippen LogP contribution is -2.43. The Labute approximate surface area is 115 Å². The van der Waals surface area contributed by atoms with Gasteiger partial charge in [0.1, 0.15) is 5.82 Å². The quantitative estimate of drug-likeness (QED) is 0.899. The molecule has 0 amide bonds. The molecule has 1 saturated heterocycles. The Hall–Kier alpha value is -1.09. The minimum Gasteiger partial charge on any atom is -0.368 e. The molecule has 0 spiro atoms. The molecule has 3 rings (SSSR count). The maximum absolute atomic E-state index is 13.5. The smallest absolute Gasteiger partial charge is 0.123 e. The molecule has 0 bridgehead atoms. The number of nitrogens with zero attached hydrogens (tertiary/aromatic N) is 1. The van der Waals surface area contributed by atoms with Crippen LogP contribution in [-0.4, -0.2) is 19.6 Å². The van der Waals surface area contributed by atoms with Crippen LogP contribution in [0, 0.1) is 11.7 Å². The Morgan fingerprint density at radius 3 is 2.95 bits per heavy atom. The molecule has 1 N–H and O–H groups in total. The fourth-order valence-electron chi connectivity index (χ4n) is 3.92. The van der Waals surface area contributed by atoms with E-state index in [-0.39, 0.29) is 5.82 Å². The monoisotopic (exact) mass is 262 g/mol. The molecule has 2 fully saturated rings. The number of benzene rings is 1. The highest BCUT2D eigenvalue weighted by Crippen LogP contribution is 2.40. The molecular formula is C16H23FN2. The standard InChI is InChI=1S/C16H23FN2/c1-18-11-13-10-14(17)7-8-16(13)19-9-3-5-12-4-2-6-15(12)19/h7-8,10,12,15,18H,2-6,9,11H2,1H3. The normalized spacial score (nSPS) is 26.5. The average Bonchev–Trinajstić information content (AvgIpc) is 2.88. The number of fused-ring (bicyclic) bond motifs is 1. The number of hydrogen-bond acceptors (Lipinski definition) is 2. The molecule has 2 aliphatic rings. The maximum atomic E-state index is 13.5. The number of piperidine rings is 1. The molecule has 1 aliphatic heterocycles. The van der Waals surface area contributed by atoms with Gasteiger partial charge in [0.15, 0.2) is 0 Å². The zero-order valence-electron chi connectivity index (χ0n) is 11.7. The molecule has 19 heavy (non-hydrogen) atoms. The molecule has 1 aromatic carbocycles. The fourth-order valence-corrected chi connectivity index (χ4v) is 3.92. The second kappa shape index (κ2) is 5.49. The summed E-state index contributed by atoms with van der Waals surface area (Å²) < 4.78 is 13.5. The zero-order valence-corrected chi connectivity index (χ0v) is 11.7. The second-order valence-corrected chi connectivity index (χ2v) is 5.90. The van der Waals surface area contributed by atoms with E-state index < -0.39 is 0 Å². The minimum atomic E-state index is -0.131. The molecule has 1 aliphatic carbocycles. The maximum Gasteiger partial charge on any atom is 0.123 e. The lowest BCUT2D eigenvalue weighted by Gasteiger charge is -2.40. The third-order valence-electron chi connectivity index (χ3n) is 4.71. The average molecular weight is 262 g/mol. The van der Waals surface area contributed by atoms with Crippen molar-refractivity contribution in [1.82, 2.24) is 5.32 Å². The van der Waals surface area contributed by atoms with Crippen molar-refractivity contribution in [3.05, 3.63) is 29.6 Å². The zero-order chi connectivity index (χ0) is 13.2. The summed E-state index contributed by atoms with van der Waals surface area (Å²) in [7, 11) is 1.92. The SMILES string of the molecule is CNCc1cc(F)ccc1N1CCCC2CCCC21. The Kier molecular flexibility index (Phi) is 3.74. The molecule has 0 radical (unpaired) electrons. The third kappa shape index (κ3) is 2.48. The van der Waals surface area contributed by atoms with Crippen molar-refractivity contribution in [3.63, 3.8) is 0 Å². The van der Waals surface area contributed by atoms with Crippen LogP contribution in [0.25, 0.3) is 0 Å². The molecule has 2 atom stereocenters. The summed E-state index contributed by atoms with van der Waals surface area (Å²) in [5, 5.41) is 3.16. The van der Waals surface area contributed by atoms with Crippen molar-refractivity contribution in [2.45, 2.75) is 44.7 Å². The van der Waals surface area contributed by atoms with Crippen LogP contribution in [0.4, 0.5) is 10.1 Å². The number of nitrogens with one attached hydrogen (secondary N) is 1. The van der Waals surface area contributed by atoms with Crippen molar-refractivity contribution < 1.29 is 4.39 Å². The summed E-state index contributed by atoms with van der Waals surface area (Å²) >= 11 is 0. The molecule has 2 unspecified atom stereocenters. The largest absolute Gasteiger partial charge is 0.368 e. The summed E-state index contributed by atoms with van der Waals surface area (Å²) in [6, 6.07) is 5.95. The van der Waals surface area contributed by atoms with E-state index in [0.717, 1.165) is 24.6 Å². The number of anilines is 1. The second-order valence-electron chi connectivity index (χ2n) is 5.90. The van der Waals surface area contributed by atoms with Crippen molar-refractivity contribution in [1.29, 1.82) is 0 Å². The molecule has 3 heteroatoms. The fraction of sp³-hybridized carbons (Fsp3) is 0.625. The van der Waals surface area contributed by atoms with E-state index in [2.05, 4.69) is 10.2 Å². The predicted octanol–water partition coefficient (Wildman–Crippen LogP) is 3.31. The van der Waals surface area contributed by atoms with E-state index in [1.54, 1.807) is 12.1 Å². The highest BCUT2D eigenvalue weighted by atomic mass is 19.1. The summed E-state index contributed by atoms with van der Waals surface area (Å²) in [6.45, 7) is 1.87. The van der Waals surface area contributed by atoms with E-state index in [9.17, 15) is 4.39 Å². The van der Waals surface area contributed by atoms with Crippen LogP contribution in [0.3, 0.4) is 0 Å². The van der Waals surface area contributed by atoms with E-state index >= 15 is 0 Å². The van der Waals surface area contributed by atoms with Gasteiger partial charge in [0, 0.05) is 24.8 Å². The van der Waals surface area contributed by atoms with Crippen LogP contribution in [0.1, 0.15) is 37.7 Å². The first-order valence-corrected chi connectivity index (χ1v) is 7.49. The lowest BCUT2D eigenvalue weighted by atomic mass is 9.91. The Morgan fingerprint density at radius 2 is 2.11 bits per heavy atom. The van der Waals surface area contributed by atoms with E-state index in [4.69, 9.17) is 0 Å². The minimum absolute atomic E-state index is 0.131. The predicted molar refractivity (Wildman–Crippen MR) is 76.9 cm³/mol. The number of halogens is 1. The van der Waals surface area contributed by atoms with E-state index in [0.29, 0.717) is 6.04 Å². The Bertz CT molecular complexity index is 446. The number of rotatable bonds is 3.